The summed E-state index contributed by atoms with van der Waals surface area (Å²) in [5.74, 6) is 0.715. The van der Waals surface area contributed by atoms with Crippen LogP contribution in [0.3, 0.4) is 0 Å². The van der Waals surface area contributed by atoms with Gasteiger partial charge in [0, 0.05) is 30.5 Å². The number of aryl methyl sites for hydroxylation is 1. The van der Waals surface area contributed by atoms with E-state index in [1.54, 1.807) is 7.11 Å². The molecule has 138 valence electrons. The number of benzene rings is 1. The lowest BCUT2D eigenvalue weighted by Crippen LogP contribution is -2.53. The van der Waals surface area contributed by atoms with Gasteiger partial charge < -0.3 is 19.5 Å². The van der Waals surface area contributed by atoms with Crippen LogP contribution in [0.25, 0.3) is 0 Å². The number of amides is 1. The van der Waals surface area contributed by atoms with Crippen molar-refractivity contribution < 1.29 is 19.4 Å². The van der Waals surface area contributed by atoms with Gasteiger partial charge in [-0.2, -0.15) is 0 Å². The van der Waals surface area contributed by atoms with Crippen LogP contribution in [0.1, 0.15) is 57.6 Å². The number of fused-ring (bicyclic) bond motifs is 2. The molecule has 1 aromatic carbocycles. The normalized spacial score (nSPS) is 28.8. The van der Waals surface area contributed by atoms with Crippen LogP contribution >= 0.6 is 0 Å². The highest BCUT2D eigenvalue weighted by Crippen LogP contribution is 2.48. The molecule has 1 aromatic rings. The van der Waals surface area contributed by atoms with E-state index in [0.717, 1.165) is 24.0 Å². The molecule has 5 heteroatoms. The first kappa shape index (κ1) is 18.1. The quantitative estimate of drug-likeness (QED) is 0.885. The van der Waals surface area contributed by atoms with E-state index in [2.05, 4.69) is 0 Å². The average Bonchev–Trinajstić information content (AvgIpc) is 2.78. The van der Waals surface area contributed by atoms with Crippen LogP contribution in [0.5, 0.6) is 5.75 Å². The molecule has 2 bridgehead atoms. The van der Waals surface area contributed by atoms with E-state index in [1.807, 2.05) is 50.8 Å². The summed E-state index contributed by atoms with van der Waals surface area (Å²) in [5.41, 5.74) is 0.438. The van der Waals surface area contributed by atoms with E-state index in [1.165, 1.54) is 0 Å². The summed E-state index contributed by atoms with van der Waals surface area (Å²) >= 11 is 0. The largest absolute Gasteiger partial charge is 0.496 e. The fourth-order valence-corrected chi connectivity index (χ4v) is 4.24. The van der Waals surface area contributed by atoms with Crippen molar-refractivity contribution in [2.24, 2.45) is 0 Å². The standard InChI is InChI=1S/C20H29NO4/c1-13-6-9-16(17(10-13)24-5)20(23)11-14-7-8-15(12-20)21(14)18(22)25-19(2,3)4/h6,9-10,14-15,23H,7-8,11-12H2,1-5H3. The SMILES string of the molecule is COc1cc(C)ccc1C1(O)CC2CCC(C1)N2C(=O)OC(C)(C)C. The van der Waals surface area contributed by atoms with E-state index < -0.39 is 11.2 Å². The molecule has 2 aliphatic rings. The Morgan fingerprint density at radius 1 is 1.24 bits per heavy atom. The Hall–Kier alpha value is -1.75. The van der Waals surface area contributed by atoms with Crippen molar-refractivity contribution in [2.75, 3.05) is 7.11 Å². The smallest absolute Gasteiger partial charge is 0.410 e. The fourth-order valence-electron chi connectivity index (χ4n) is 4.24. The first-order valence-corrected chi connectivity index (χ1v) is 9.02. The molecule has 0 radical (unpaired) electrons. The van der Waals surface area contributed by atoms with Gasteiger partial charge in [-0.25, -0.2) is 4.79 Å². The van der Waals surface area contributed by atoms with Crippen LogP contribution < -0.4 is 4.74 Å². The van der Waals surface area contributed by atoms with Gasteiger partial charge in [0.05, 0.1) is 12.7 Å². The summed E-state index contributed by atoms with van der Waals surface area (Å²) in [4.78, 5) is 14.4. The fraction of sp³-hybridized carbons (Fsp3) is 0.650. The summed E-state index contributed by atoms with van der Waals surface area (Å²) < 4.78 is 11.1. The first-order valence-electron chi connectivity index (χ1n) is 9.02. The van der Waals surface area contributed by atoms with Crippen molar-refractivity contribution in [3.63, 3.8) is 0 Å². The number of hydrogen-bond donors (Lipinski definition) is 1. The molecule has 0 saturated carbocycles. The molecule has 2 aliphatic heterocycles. The summed E-state index contributed by atoms with van der Waals surface area (Å²) in [6.45, 7) is 7.64. The number of rotatable bonds is 2. The van der Waals surface area contributed by atoms with E-state index >= 15 is 0 Å². The highest BCUT2D eigenvalue weighted by Gasteiger charge is 2.51. The number of carbonyl (C=O) groups excluding carboxylic acids is 1. The second-order valence-electron chi connectivity index (χ2n) is 8.42. The van der Waals surface area contributed by atoms with Crippen molar-refractivity contribution in [1.82, 2.24) is 4.90 Å². The number of hydrogen-bond acceptors (Lipinski definition) is 4. The Labute approximate surface area is 149 Å². The molecule has 2 saturated heterocycles. The van der Waals surface area contributed by atoms with E-state index in [9.17, 15) is 9.90 Å². The molecule has 3 rings (SSSR count). The zero-order valence-corrected chi connectivity index (χ0v) is 15.8. The number of carbonyl (C=O) groups is 1. The van der Waals surface area contributed by atoms with Gasteiger partial charge in [0.15, 0.2) is 0 Å². The van der Waals surface area contributed by atoms with Crippen molar-refractivity contribution in [3.05, 3.63) is 29.3 Å². The molecule has 0 aromatic heterocycles. The van der Waals surface area contributed by atoms with Gasteiger partial charge in [-0.1, -0.05) is 12.1 Å². The molecule has 2 heterocycles. The third-order valence-corrected chi connectivity index (χ3v) is 5.23. The summed E-state index contributed by atoms with van der Waals surface area (Å²) in [7, 11) is 1.63. The maximum atomic E-state index is 12.6. The third kappa shape index (κ3) is 3.47. The molecular formula is C20H29NO4. The van der Waals surface area contributed by atoms with Gasteiger partial charge in [0.25, 0.3) is 0 Å². The van der Waals surface area contributed by atoms with Crippen molar-refractivity contribution in [3.8, 4) is 5.75 Å². The second kappa shape index (κ2) is 6.20. The van der Waals surface area contributed by atoms with Gasteiger partial charge >= 0.3 is 6.09 Å². The Kier molecular flexibility index (Phi) is 4.48. The minimum atomic E-state index is -0.969. The van der Waals surface area contributed by atoms with Crippen molar-refractivity contribution in [1.29, 1.82) is 0 Å². The van der Waals surface area contributed by atoms with Gasteiger partial charge in [0.2, 0.25) is 0 Å². The Morgan fingerprint density at radius 2 is 1.84 bits per heavy atom. The molecule has 0 aliphatic carbocycles. The molecule has 5 nitrogen and oxygen atoms in total. The molecule has 25 heavy (non-hydrogen) atoms. The topological polar surface area (TPSA) is 59.0 Å². The lowest BCUT2D eigenvalue weighted by Gasteiger charge is -2.44. The first-order chi connectivity index (χ1) is 11.6. The van der Waals surface area contributed by atoms with Gasteiger partial charge in [-0.15, -0.1) is 0 Å². The zero-order chi connectivity index (χ0) is 18.4. The highest BCUT2D eigenvalue weighted by molar-refractivity contribution is 5.70. The molecule has 2 atom stereocenters. The summed E-state index contributed by atoms with van der Waals surface area (Å²) in [6.07, 6.45) is 2.57. The van der Waals surface area contributed by atoms with Gasteiger partial charge in [-0.3, -0.25) is 0 Å². The molecule has 2 unspecified atom stereocenters. The number of ether oxygens (including phenoxy) is 2. The third-order valence-electron chi connectivity index (χ3n) is 5.23. The lowest BCUT2D eigenvalue weighted by atomic mass is 9.80. The minimum Gasteiger partial charge on any atom is -0.496 e. The monoisotopic (exact) mass is 347 g/mol. The van der Waals surface area contributed by atoms with Crippen LogP contribution in [-0.4, -0.2) is 40.9 Å². The second-order valence-corrected chi connectivity index (χ2v) is 8.42. The number of nitrogens with zero attached hydrogens (tertiary/aromatic N) is 1. The number of aliphatic hydroxyl groups is 1. The molecule has 1 N–H and O–H groups in total. The maximum absolute atomic E-state index is 12.6. The molecule has 2 fully saturated rings. The minimum absolute atomic E-state index is 0.00427. The molecule has 0 spiro atoms. The Morgan fingerprint density at radius 3 is 2.36 bits per heavy atom. The van der Waals surface area contributed by atoms with Crippen LogP contribution in [0, 0.1) is 6.92 Å². The van der Waals surface area contributed by atoms with E-state index in [0.29, 0.717) is 18.6 Å². The van der Waals surface area contributed by atoms with E-state index in [4.69, 9.17) is 9.47 Å². The van der Waals surface area contributed by atoms with Crippen LogP contribution in [0.4, 0.5) is 4.79 Å². The number of methoxy groups -OCH3 is 1. The lowest BCUT2D eigenvalue weighted by molar-refractivity contribution is -0.0633. The highest BCUT2D eigenvalue weighted by atomic mass is 16.6. The van der Waals surface area contributed by atoms with Crippen molar-refractivity contribution >= 4 is 6.09 Å². The van der Waals surface area contributed by atoms with E-state index in [-0.39, 0.29) is 18.2 Å². The van der Waals surface area contributed by atoms with Crippen LogP contribution in [0.15, 0.2) is 18.2 Å². The van der Waals surface area contributed by atoms with Gasteiger partial charge in [-0.05, 0) is 52.2 Å². The zero-order valence-electron chi connectivity index (χ0n) is 15.8. The Balaban J connectivity index is 1.85. The predicted molar refractivity (Wildman–Crippen MR) is 95.7 cm³/mol. The molecule has 1 amide bonds. The van der Waals surface area contributed by atoms with Crippen molar-refractivity contribution in [2.45, 2.75) is 76.7 Å². The average molecular weight is 347 g/mol. The van der Waals surface area contributed by atoms with Gasteiger partial charge in [0.1, 0.15) is 11.4 Å². The van der Waals surface area contributed by atoms with Crippen LogP contribution in [-0.2, 0) is 10.3 Å². The van der Waals surface area contributed by atoms with Crippen LogP contribution in [0.2, 0.25) is 0 Å². The summed E-state index contributed by atoms with van der Waals surface area (Å²) in [5, 5.41) is 11.4. The maximum Gasteiger partial charge on any atom is 0.410 e. The summed E-state index contributed by atoms with van der Waals surface area (Å²) in [6, 6.07) is 5.92. The molecular weight excluding hydrogens is 318 g/mol. The predicted octanol–water partition coefficient (Wildman–Crippen LogP) is 3.75. The number of piperidine rings is 1. The Bertz CT molecular complexity index is 650.